The van der Waals surface area contributed by atoms with Crippen LogP contribution in [0.2, 0.25) is 0 Å². The van der Waals surface area contributed by atoms with Crippen molar-refractivity contribution in [2.45, 2.75) is 39.5 Å². The Hall–Kier alpha value is -4.45. The van der Waals surface area contributed by atoms with Crippen LogP contribution in [-0.4, -0.2) is 33.3 Å². The number of nitro groups is 1. The fourth-order valence-electron chi connectivity index (χ4n) is 4.23. The molecule has 184 valence electrons. The number of carbonyl (C=O) groups excluding carboxylic acids is 1. The summed E-state index contributed by atoms with van der Waals surface area (Å²) in [7, 11) is 0. The first-order valence-electron chi connectivity index (χ1n) is 11.8. The zero-order valence-electron chi connectivity index (χ0n) is 20.3. The van der Waals surface area contributed by atoms with E-state index in [1.54, 1.807) is 35.2 Å². The number of nitrogens with zero attached hydrogens (tertiary/aromatic N) is 5. The minimum atomic E-state index is -0.438. The maximum atomic E-state index is 12.8. The Kier molecular flexibility index (Phi) is 7.44. The third-order valence-electron chi connectivity index (χ3n) is 6.00. The highest BCUT2D eigenvalue weighted by molar-refractivity contribution is 5.95. The maximum Gasteiger partial charge on any atom is 0.280 e. The average Bonchev–Trinajstić information content (AvgIpc) is 3.48. The van der Waals surface area contributed by atoms with E-state index >= 15 is 0 Å². The van der Waals surface area contributed by atoms with E-state index in [1.807, 2.05) is 29.7 Å². The van der Waals surface area contributed by atoms with E-state index in [0.29, 0.717) is 47.3 Å². The number of pyridine rings is 1. The molecular weight excluding hydrogens is 458 g/mol. The van der Waals surface area contributed by atoms with E-state index in [0.717, 1.165) is 31.2 Å². The van der Waals surface area contributed by atoms with Crippen molar-refractivity contribution in [3.63, 3.8) is 0 Å². The fourth-order valence-corrected chi connectivity index (χ4v) is 4.23. The number of hydrogen-bond acceptors (Lipinski definition) is 5. The highest BCUT2D eigenvalue weighted by Crippen LogP contribution is 2.37. The first kappa shape index (κ1) is 24.7. The van der Waals surface area contributed by atoms with Gasteiger partial charge in [0.25, 0.3) is 5.69 Å². The molecule has 4 rings (SSSR count). The number of aromatic nitrogens is 2. The van der Waals surface area contributed by atoms with Gasteiger partial charge in [0.1, 0.15) is 17.1 Å². The molecule has 0 saturated heterocycles. The molecule has 1 amide bonds. The predicted molar refractivity (Wildman–Crippen MR) is 138 cm³/mol. The summed E-state index contributed by atoms with van der Waals surface area (Å²) < 4.78 is 7.97. The van der Waals surface area contributed by atoms with Crippen LogP contribution < -0.4 is 4.90 Å². The number of nitro benzene ring substituents is 1. The lowest BCUT2D eigenvalue weighted by Gasteiger charge is -2.21. The molecule has 3 aromatic heterocycles. The van der Waals surface area contributed by atoms with E-state index < -0.39 is 4.92 Å². The second-order valence-corrected chi connectivity index (χ2v) is 8.62. The van der Waals surface area contributed by atoms with Crippen molar-refractivity contribution in [3.05, 3.63) is 81.8 Å². The van der Waals surface area contributed by atoms with E-state index in [9.17, 15) is 14.9 Å². The number of unbranched alkanes of at least 4 members (excludes halogenated alkanes) is 3. The van der Waals surface area contributed by atoms with Gasteiger partial charge in [-0.15, -0.1) is 0 Å². The van der Waals surface area contributed by atoms with E-state index in [4.69, 9.17) is 16.0 Å². The zero-order chi connectivity index (χ0) is 25.7. The third-order valence-corrected chi connectivity index (χ3v) is 6.00. The number of imidazole rings is 1. The molecule has 0 radical (unpaired) electrons. The van der Waals surface area contributed by atoms with Gasteiger partial charge in [0.05, 0.1) is 10.5 Å². The molecule has 0 aliphatic carbocycles. The minimum Gasteiger partial charge on any atom is -0.454 e. The van der Waals surface area contributed by atoms with Crippen LogP contribution in [-0.2, 0) is 4.79 Å². The smallest absolute Gasteiger partial charge is 0.280 e. The maximum absolute atomic E-state index is 12.8. The molecule has 9 nitrogen and oxygen atoms in total. The van der Waals surface area contributed by atoms with Crippen molar-refractivity contribution in [1.29, 1.82) is 0 Å². The van der Waals surface area contributed by atoms with Crippen LogP contribution >= 0.6 is 0 Å². The molecular formula is C27H27N5O4. The number of para-hydroxylation sites is 1. The van der Waals surface area contributed by atoms with Gasteiger partial charge in [-0.25, -0.2) is 11.6 Å². The van der Waals surface area contributed by atoms with Crippen LogP contribution in [0.3, 0.4) is 0 Å². The Morgan fingerprint density at radius 3 is 2.64 bits per heavy atom. The molecule has 3 heterocycles. The molecule has 0 spiro atoms. The summed E-state index contributed by atoms with van der Waals surface area (Å²) >= 11 is 0. The molecule has 0 fully saturated rings. The molecule has 0 atom stereocenters. The fraction of sp³-hybridized carbons (Fsp3) is 0.296. The summed E-state index contributed by atoms with van der Waals surface area (Å²) in [5.74, 6) is 1.25. The molecule has 9 heteroatoms. The Morgan fingerprint density at radius 1 is 1.14 bits per heavy atom. The highest BCUT2D eigenvalue weighted by atomic mass is 16.6. The van der Waals surface area contributed by atoms with Crippen LogP contribution in [0.15, 0.2) is 59.1 Å². The quantitative estimate of drug-likeness (QED) is 0.113. The number of aryl methyl sites for hydroxylation is 1. The number of fused-ring (bicyclic) bond motifs is 1. The molecule has 0 aliphatic heterocycles. The summed E-state index contributed by atoms with van der Waals surface area (Å²) in [6, 6.07) is 13.7. The number of rotatable bonds is 10. The van der Waals surface area contributed by atoms with E-state index in [-0.39, 0.29) is 11.6 Å². The Balaban J connectivity index is 1.74. The number of hydrogen-bond donors (Lipinski definition) is 0. The number of carbonyl (C=O) groups is 1. The van der Waals surface area contributed by atoms with Gasteiger partial charge in [-0.2, -0.15) is 0 Å². The van der Waals surface area contributed by atoms with Gasteiger partial charge in [0.15, 0.2) is 11.6 Å². The Bertz CT molecular complexity index is 1450. The SMILES string of the molecule is [C-]#[N+]CCCCCCN(C(C)=O)c1c(-c2ccc(-c3ccccc3[N+](=O)[O-])o2)nc2cc(C)ccn12. The normalized spacial score (nSPS) is 10.9. The molecule has 0 aliphatic rings. The topological polar surface area (TPSA) is 98.2 Å². The molecule has 0 saturated carbocycles. The summed E-state index contributed by atoms with van der Waals surface area (Å²) in [6.07, 6.45) is 5.37. The van der Waals surface area contributed by atoms with Gasteiger partial charge in [0, 0.05) is 32.2 Å². The van der Waals surface area contributed by atoms with Gasteiger partial charge >= 0.3 is 0 Å². The summed E-state index contributed by atoms with van der Waals surface area (Å²) in [5.41, 5.74) is 2.52. The van der Waals surface area contributed by atoms with Crippen molar-refractivity contribution < 1.29 is 14.1 Å². The van der Waals surface area contributed by atoms with Gasteiger partial charge in [-0.05, 0) is 55.7 Å². The van der Waals surface area contributed by atoms with Crippen LogP contribution in [0.5, 0.6) is 0 Å². The monoisotopic (exact) mass is 485 g/mol. The van der Waals surface area contributed by atoms with E-state index in [1.165, 1.54) is 13.0 Å². The lowest BCUT2D eigenvalue weighted by Crippen LogP contribution is -2.31. The summed E-state index contributed by atoms with van der Waals surface area (Å²) in [4.78, 5) is 33.7. The molecule has 0 bridgehead atoms. The van der Waals surface area contributed by atoms with Crippen molar-refractivity contribution in [3.8, 4) is 22.8 Å². The summed E-state index contributed by atoms with van der Waals surface area (Å²) in [6.45, 7) is 11.4. The number of amides is 1. The van der Waals surface area contributed by atoms with Gasteiger partial charge in [0.2, 0.25) is 12.5 Å². The number of benzene rings is 1. The largest absolute Gasteiger partial charge is 0.454 e. The lowest BCUT2D eigenvalue weighted by atomic mass is 10.1. The second-order valence-electron chi connectivity index (χ2n) is 8.62. The van der Waals surface area contributed by atoms with Gasteiger partial charge in [-0.1, -0.05) is 18.6 Å². The summed E-state index contributed by atoms with van der Waals surface area (Å²) in [5, 5.41) is 11.5. The first-order chi connectivity index (χ1) is 17.4. The van der Waals surface area contributed by atoms with Crippen LogP contribution in [0.4, 0.5) is 11.5 Å². The van der Waals surface area contributed by atoms with Crippen molar-refractivity contribution >= 4 is 23.1 Å². The molecule has 4 aromatic rings. The Morgan fingerprint density at radius 2 is 1.89 bits per heavy atom. The third kappa shape index (κ3) is 5.13. The molecule has 36 heavy (non-hydrogen) atoms. The zero-order valence-corrected chi connectivity index (χ0v) is 20.3. The van der Waals surface area contributed by atoms with E-state index in [2.05, 4.69) is 4.85 Å². The Labute approximate surface area is 209 Å². The minimum absolute atomic E-state index is 0.0483. The lowest BCUT2D eigenvalue weighted by molar-refractivity contribution is -0.384. The highest BCUT2D eigenvalue weighted by Gasteiger charge is 2.26. The predicted octanol–water partition coefficient (Wildman–Crippen LogP) is 6.31. The average molecular weight is 486 g/mol. The molecule has 0 unspecified atom stereocenters. The van der Waals surface area contributed by atoms with Crippen LogP contribution in [0, 0.1) is 23.6 Å². The first-order valence-corrected chi connectivity index (χ1v) is 11.8. The van der Waals surface area contributed by atoms with Crippen LogP contribution in [0.1, 0.15) is 38.2 Å². The van der Waals surface area contributed by atoms with Crippen molar-refractivity contribution in [2.24, 2.45) is 0 Å². The van der Waals surface area contributed by atoms with Crippen molar-refractivity contribution in [2.75, 3.05) is 18.0 Å². The molecule has 1 aromatic carbocycles. The number of furan rings is 1. The number of anilines is 1. The molecule has 0 N–H and O–H groups in total. The second kappa shape index (κ2) is 10.9. The van der Waals surface area contributed by atoms with Crippen molar-refractivity contribution in [1.82, 2.24) is 9.38 Å². The standard InChI is InChI=1S/C27H27N5O4/c1-19-14-17-31-25(18-19)29-26(27(31)30(20(2)33)16-9-5-4-8-15-28-3)24-13-12-23(36-24)21-10-6-7-11-22(21)32(34)35/h6-7,10-14,17-18H,4-5,8-9,15-16H2,1-2H3. The van der Waals surface area contributed by atoms with Gasteiger partial charge < -0.3 is 9.26 Å². The van der Waals surface area contributed by atoms with Crippen LogP contribution in [0.25, 0.3) is 33.3 Å². The van der Waals surface area contributed by atoms with Gasteiger partial charge in [-0.3, -0.25) is 24.2 Å².